The molecule has 1 fully saturated rings. The Balaban J connectivity index is 2.50. The average molecular weight is 218 g/mol. The highest BCUT2D eigenvalue weighted by atomic mass is 19.1. The van der Waals surface area contributed by atoms with Crippen LogP contribution in [-0.4, -0.2) is 42.4 Å². The first-order chi connectivity index (χ1) is 6.83. The van der Waals surface area contributed by atoms with Crippen molar-refractivity contribution < 1.29 is 13.9 Å². The molecule has 0 aromatic carbocycles. The third-order valence-corrected chi connectivity index (χ3v) is 2.32. The lowest BCUT2D eigenvalue weighted by atomic mass is 10.1. The largest absolute Gasteiger partial charge is 0.444 e. The van der Waals surface area contributed by atoms with E-state index in [1.807, 2.05) is 0 Å². The van der Waals surface area contributed by atoms with Crippen LogP contribution >= 0.6 is 0 Å². The van der Waals surface area contributed by atoms with Crippen LogP contribution in [0.25, 0.3) is 0 Å². The topological polar surface area (TPSA) is 55.6 Å². The van der Waals surface area contributed by atoms with E-state index in [0.29, 0.717) is 6.54 Å². The second kappa shape index (κ2) is 4.35. The Morgan fingerprint density at radius 1 is 1.53 bits per heavy atom. The van der Waals surface area contributed by atoms with Crippen molar-refractivity contribution in [2.75, 3.05) is 19.6 Å². The molecule has 2 N–H and O–H groups in total. The summed E-state index contributed by atoms with van der Waals surface area (Å²) in [6, 6.07) is 0. The fourth-order valence-corrected chi connectivity index (χ4v) is 1.53. The quantitative estimate of drug-likeness (QED) is 0.718. The molecular formula is C10H19FN2O2. The van der Waals surface area contributed by atoms with Crippen molar-refractivity contribution in [3.63, 3.8) is 0 Å². The Hall–Kier alpha value is -0.840. The number of likely N-dealkylation sites (tertiary alicyclic amines) is 1. The molecule has 4 nitrogen and oxygen atoms in total. The zero-order chi connectivity index (χ0) is 11.6. The van der Waals surface area contributed by atoms with Crippen LogP contribution in [0.3, 0.4) is 0 Å². The Morgan fingerprint density at radius 2 is 2.13 bits per heavy atom. The first-order valence-electron chi connectivity index (χ1n) is 5.15. The first-order valence-corrected chi connectivity index (χ1v) is 5.15. The van der Waals surface area contributed by atoms with Crippen molar-refractivity contribution in [2.45, 2.75) is 32.5 Å². The highest BCUT2D eigenvalue weighted by Gasteiger charge is 2.36. The van der Waals surface area contributed by atoms with Gasteiger partial charge >= 0.3 is 6.09 Å². The maximum absolute atomic E-state index is 13.3. The Kier molecular flexibility index (Phi) is 3.54. The Labute approximate surface area is 89.6 Å². The van der Waals surface area contributed by atoms with Crippen LogP contribution in [0.1, 0.15) is 20.8 Å². The standard InChI is InChI=1S/C10H19FN2O2/c1-10(2,3)15-9(14)13-5-7(4-12)8(11)6-13/h7-8H,4-6,12H2,1-3H3/t7-,8-/m0/s1. The molecule has 0 aliphatic carbocycles. The molecular weight excluding hydrogens is 199 g/mol. The summed E-state index contributed by atoms with van der Waals surface area (Å²) in [6.45, 7) is 6.07. The van der Waals surface area contributed by atoms with Crippen LogP contribution in [-0.2, 0) is 4.74 Å². The van der Waals surface area contributed by atoms with E-state index in [1.54, 1.807) is 20.8 Å². The smallest absolute Gasteiger partial charge is 0.410 e. The van der Waals surface area contributed by atoms with Crippen LogP contribution in [0.2, 0.25) is 0 Å². The van der Waals surface area contributed by atoms with Crippen molar-refractivity contribution in [1.29, 1.82) is 0 Å². The summed E-state index contributed by atoms with van der Waals surface area (Å²) in [5.41, 5.74) is 4.86. The van der Waals surface area contributed by atoms with Gasteiger partial charge in [0, 0.05) is 12.5 Å². The van der Waals surface area contributed by atoms with Crippen LogP contribution in [0.4, 0.5) is 9.18 Å². The monoisotopic (exact) mass is 218 g/mol. The third kappa shape index (κ3) is 3.34. The van der Waals surface area contributed by atoms with E-state index in [2.05, 4.69) is 0 Å². The molecule has 0 radical (unpaired) electrons. The number of alkyl halides is 1. The minimum absolute atomic E-state index is 0.0940. The lowest BCUT2D eigenvalue weighted by molar-refractivity contribution is 0.0281. The highest BCUT2D eigenvalue weighted by molar-refractivity contribution is 5.68. The third-order valence-electron chi connectivity index (χ3n) is 2.32. The van der Waals surface area contributed by atoms with E-state index < -0.39 is 17.9 Å². The molecule has 1 aliphatic heterocycles. The van der Waals surface area contributed by atoms with Crippen molar-refractivity contribution in [3.05, 3.63) is 0 Å². The van der Waals surface area contributed by atoms with Gasteiger partial charge in [-0.25, -0.2) is 9.18 Å². The molecule has 0 saturated carbocycles. The Morgan fingerprint density at radius 3 is 2.53 bits per heavy atom. The number of ether oxygens (including phenoxy) is 1. The zero-order valence-electron chi connectivity index (χ0n) is 9.50. The predicted molar refractivity (Wildman–Crippen MR) is 55.2 cm³/mol. The van der Waals surface area contributed by atoms with Crippen molar-refractivity contribution >= 4 is 6.09 Å². The van der Waals surface area contributed by atoms with Gasteiger partial charge in [-0.15, -0.1) is 0 Å². The average Bonchev–Trinajstić information content (AvgIpc) is 2.43. The van der Waals surface area contributed by atoms with E-state index in [9.17, 15) is 9.18 Å². The molecule has 1 heterocycles. The minimum atomic E-state index is -1.03. The number of carbonyl (C=O) groups excluding carboxylic acids is 1. The molecule has 88 valence electrons. The normalized spacial score (nSPS) is 26.9. The summed E-state index contributed by atoms with van der Waals surface area (Å²) in [6.07, 6.45) is -1.48. The van der Waals surface area contributed by atoms with E-state index in [1.165, 1.54) is 4.90 Å². The summed E-state index contributed by atoms with van der Waals surface area (Å²) in [5, 5.41) is 0. The summed E-state index contributed by atoms with van der Waals surface area (Å²) in [5.74, 6) is -0.252. The lowest BCUT2D eigenvalue weighted by Crippen LogP contribution is -2.35. The van der Waals surface area contributed by atoms with Gasteiger partial charge < -0.3 is 15.4 Å². The molecule has 1 rings (SSSR count). The molecule has 5 heteroatoms. The van der Waals surface area contributed by atoms with E-state index >= 15 is 0 Å². The zero-order valence-corrected chi connectivity index (χ0v) is 9.50. The highest BCUT2D eigenvalue weighted by Crippen LogP contribution is 2.21. The van der Waals surface area contributed by atoms with Gasteiger partial charge in [-0.05, 0) is 27.3 Å². The summed E-state index contributed by atoms with van der Waals surface area (Å²) in [4.78, 5) is 12.9. The molecule has 0 unspecified atom stereocenters. The van der Waals surface area contributed by atoms with Gasteiger partial charge in [-0.2, -0.15) is 0 Å². The second-order valence-corrected chi connectivity index (χ2v) is 4.90. The summed E-state index contributed by atoms with van der Waals surface area (Å²) < 4.78 is 18.4. The molecule has 15 heavy (non-hydrogen) atoms. The first kappa shape index (κ1) is 12.2. The maximum atomic E-state index is 13.3. The van der Waals surface area contributed by atoms with E-state index in [-0.39, 0.29) is 19.0 Å². The van der Waals surface area contributed by atoms with E-state index in [4.69, 9.17) is 10.5 Å². The molecule has 0 aromatic heterocycles. The van der Waals surface area contributed by atoms with Gasteiger partial charge in [0.25, 0.3) is 0 Å². The van der Waals surface area contributed by atoms with Crippen LogP contribution in [0.15, 0.2) is 0 Å². The lowest BCUT2D eigenvalue weighted by Gasteiger charge is -2.24. The van der Waals surface area contributed by atoms with Crippen LogP contribution < -0.4 is 5.73 Å². The predicted octanol–water partition coefficient (Wildman–Crippen LogP) is 1.15. The molecule has 0 spiro atoms. The molecule has 1 aliphatic rings. The fourth-order valence-electron chi connectivity index (χ4n) is 1.53. The van der Waals surface area contributed by atoms with Crippen molar-refractivity contribution in [2.24, 2.45) is 11.7 Å². The number of halogens is 1. The number of hydrogen-bond donors (Lipinski definition) is 1. The van der Waals surface area contributed by atoms with E-state index in [0.717, 1.165) is 0 Å². The minimum Gasteiger partial charge on any atom is -0.444 e. The number of nitrogens with zero attached hydrogens (tertiary/aromatic N) is 1. The Bertz CT molecular complexity index is 240. The van der Waals surface area contributed by atoms with Gasteiger partial charge in [0.2, 0.25) is 0 Å². The number of rotatable bonds is 1. The van der Waals surface area contributed by atoms with Crippen LogP contribution in [0, 0.1) is 5.92 Å². The SMILES string of the molecule is CC(C)(C)OC(=O)N1C[C@H](CN)[C@@H](F)C1. The second-order valence-electron chi connectivity index (χ2n) is 4.90. The number of nitrogens with two attached hydrogens (primary N) is 1. The number of carbonyl (C=O) groups is 1. The van der Waals surface area contributed by atoms with Gasteiger partial charge in [0.1, 0.15) is 11.8 Å². The number of hydrogen-bond acceptors (Lipinski definition) is 3. The van der Waals surface area contributed by atoms with Crippen LogP contribution in [0.5, 0.6) is 0 Å². The fraction of sp³-hybridized carbons (Fsp3) is 0.900. The number of amides is 1. The van der Waals surface area contributed by atoms with Crippen molar-refractivity contribution in [3.8, 4) is 0 Å². The maximum Gasteiger partial charge on any atom is 0.410 e. The van der Waals surface area contributed by atoms with Crippen molar-refractivity contribution in [1.82, 2.24) is 4.90 Å². The molecule has 2 atom stereocenters. The molecule has 0 bridgehead atoms. The summed E-state index contributed by atoms with van der Waals surface area (Å²) >= 11 is 0. The summed E-state index contributed by atoms with van der Waals surface area (Å²) in [7, 11) is 0. The van der Waals surface area contributed by atoms with Gasteiger partial charge in [0.15, 0.2) is 0 Å². The molecule has 0 aromatic rings. The molecule has 1 saturated heterocycles. The van der Waals surface area contributed by atoms with Gasteiger partial charge in [-0.3, -0.25) is 0 Å². The molecule has 1 amide bonds. The van der Waals surface area contributed by atoms with Gasteiger partial charge in [-0.1, -0.05) is 0 Å². The van der Waals surface area contributed by atoms with Gasteiger partial charge in [0.05, 0.1) is 6.54 Å².